The number of hydrogen-bond donors (Lipinski definition) is 1. The molecule has 0 aliphatic rings. The molecule has 34 heavy (non-hydrogen) atoms. The quantitative estimate of drug-likeness (QED) is 0.453. The summed E-state index contributed by atoms with van der Waals surface area (Å²) < 4.78 is 10.7. The molecule has 0 spiro atoms. The smallest absolute Gasteiger partial charge is 0.258 e. The average molecular weight is 461 g/mol. The van der Waals surface area contributed by atoms with E-state index in [1.54, 1.807) is 30.2 Å². The molecule has 2 unspecified atom stereocenters. The van der Waals surface area contributed by atoms with Gasteiger partial charge in [-0.2, -0.15) is 0 Å². The number of carbonyl (C=O) groups is 2. The number of ether oxygens (including phenoxy) is 2. The van der Waals surface area contributed by atoms with Crippen molar-refractivity contribution in [3.8, 4) is 11.5 Å². The van der Waals surface area contributed by atoms with Gasteiger partial charge in [0.05, 0.1) is 31.9 Å². The van der Waals surface area contributed by atoms with Gasteiger partial charge in [-0.25, -0.2) is 0 Å². The van der Waals surface area contributed by atoms with E-state index in [-0.39, 0.29) is 36.9 Å². The molecule has 6 heteroatoms. The second kappa shape index (κ2) is 11.9. The number of rotatable bonds is 10. The topological polar surface area (TPSA) is 67.9 Å². The third kappa shape index (κ3) is 6.16. The number of nitrogens with one attached hydrogen (secondary N) is 1. The van der Waals surface area contributed by atoms with Gasteiger partial charge in [0.2, 0.25) is 5.91 Å². The van der Waals surface area contributed by atoms with Crippen LogP contribution in [0.1, 0.15) is 53.8 Å². The minimum Gasteiger partial charge on any atom is -0.497 e. The summed E-state index contributed by atoms with van der Waals surface area (Å²) in [4.78, 5) is 28.1. The van der Waals surface area contributed by atoms with Gasteiger partial charge in [-0.1, -0.05) is 60.7 Å². The van der Waals surface area contributed by atoms with Crippen LogP contribution < -0.4 is 14.8 Å². The fourth-order valence-corrected chi connectivity index (χ4v) is 3.87. The lowest BCUT2D eigenvalue weighted by atomic mass is 10.0. The van der Waals surface area contributed by atoms with Crippen LogP contribution in [0.4, 0.5) is 0 Å². The van der Waals surface area contributed by atoms with Gasteiger partial charge >= 0.3 is 0 Å². The molecule has 3 aromatic rings. The number of methoxy groups -OCH3 is 2. The van der Waals surface area contributed by atoms with Crippen LogP contribution in [0.25, 0.3) is 0 Å². The SMILES string of the molecule is COc1ccc(C(=O)N(CCC(=O)NC(C)c2ccccc2)C(C)c2ccccc2)c(OC)c1. The molecule has 2 amide bonds. The maximum absolute atomic E-state index is 13.7. The molecule has 2 atom stereocenters. The summed E-state index contributed by atoms with van der Waals surface area (Å²) in [7, 11) is 3.09. The summed E-state index contributed by atoms with van der Waals surface area (Å²) in [5.74, 6) is 0.706. The molecule has 3 aromatic carbocycles. The highest BCUT2D eigenvalue weighted by atomic mass is 16.5. The van der Waals surface area contributed by atoms with E-state index in [0.717, 1.165) is 11.1 Å². The van der Waals surface area contributed by atoms with Crippen LogP contribution in [0.2, 0.25) is 0 Å². The van der Waals surface area contributed by atoms with Gasteiger partial charge in [-0.3, -0.25) is 9.59 Å². The third-order valence-electron chi connectivity index (χ3n) is 5.91. The number of hydrogen-bond acceptors (Lipinski definition) is 4. The molecule has 0 radical (unpaired) electrons. The van der Waals surface area contributed by atoms with Gasteiger partial charge < -0.3 is 19.7 Å². The Morgan fingerprint density at radius 1 is 0.853 bits per heavy atom. The molecule has 0 saturated carbocycles. The molecule has 0 aromatic heterocycles. The van der Waals surface area contributed by atoms with Gasteiger partial charge in [0.25, 0.3) is 5.91 Å². The Morgan fingerprint density at radius 2 is 1.47 bits per heavy atom. The first kappa shape index (κ1) is 24.8. The normalized spacial score (nSPS) is 12.4. The van der Waals surface area contributed by atoms with Crippen molar-refractivity contribution in [2.24, 2.45) is 0 Å². The highest BCUT2D eigenvalue weighted by Crippen LogP contribution is 2.29. The molecule has 1 N–H and O–H groups in total. The van der Waals surface area contributed by atoms with Crippen LogP contribution in [0, 0.1) is 0 Å². The summed E-state index contributed by atoms with van der Waals surface area (Å²) in [6, 6.07) is 24.3. The molecule has 3 rings (SSSR count). The van der Waals surface area contributed by atoms with E-state index in [4.69, 9.17) is 9.47 Å². The van der Waals surface area contributed by atoms with Crippen molar-refractivity contribution in [3.05, 3.63) is 95.6 Å². The Balaban J connectivity index is 1.80. The first-order valence-corrected chi connectivity index (χ1v) is 11.4. The lowest BCUT2D eigenvalue weighted by molar-refractivity contribution is -0.122. The van der Waals surface area contributed by atoms with Gasteiger partial charge in [0.1, 0.15) is 11.5 Å². The maximum Gasteiger partial charge on any atom is 0.258 e. The molecule has 6 nitrogen and oxygen atoms in total. The van der Waals surface area contributed by atoms with Gasteiger partial charge in [0, 0.05) is 19.0 Å². The van der Waals surface area contributed by atoms with Crippen molar-refractivity contribution < 1.29 is 19.1 Å². The Morgan fingerprint density at radius 3 is 2.06 bits per heavy atom. The Hall–Kier alpha value is -3.80. The maximum atomic E-state index is 13.7. The fraction of sp³-hybridized carbons (Fsp3) is 0.286. The molecule has 178 valence electrons. The molecule has 0 fully saturated rings. The van der Waals surface area contributed by atoms with Crippen molar-refractivity contribution in [2.75, 3.05) is 20.8 Å². The molecule has 0 heterocycles. The zero-order valence-electron chi connectivity index (χ0n) is 20.2. The van der Waals surface area contributed by atoms with E-state index in [1.807, 2.05) is 74.5 Å². The molecule has 0 aliphatic carbocycles. The Kier molecular flexibility index (Phi) is 8.68. The molecular weight excluding hydrogens is 428 g/mol. The first-order valence-electron chi connectivity index (χ1n) is 11.4. The summed E-state index contributed by atoms with van der Waals surface area (Å²) in [6.45, 7) is 4.18. The Bertz CT molecular complexity index is 1090. The highest BCUT2D eigenvalue weighted by molar-refractivity contribution is 5.97. The summed E-state index contributed by atoms with van der Waals surface area (Å²) in [6.07, 6.45) is 0.179. The highest BCUT2D eigenvalue weighted by Gasteiger charge is 2.26. The predicted octanol–water partition coefficient (Wildman–Crippen LogP) is 5.17. The second-order valence-corrected chi connectivity index (χ2v) is 8.10. The fourth-order valence-electron chi connectivity index (χ4n) is 3.87. The van der Waals surface area contributed by atoms with Crippen LogP contribution in [-0.2, 0) is 4.79 Å². The number of benzene rings is 3. The minimum atomic E-state index is -0.236. The average Bonchev–Trinajstić information content (AvgIpc) is 2.89. The number of nitrogens with zero attached hydrogens (tertiary/aromatic N) is 1. The molecule has 0 bridgehead atoms. The zero-order chi connectivity index (χ0) is 24.5. The lowest BCUT2D eigenvalue weighted by Gasteiger charge is -2.30. The van der Waals surface area contributed by atoms with E-state index >= 15 is 0 Å². The van der Waals surface area contributed by atoms with Crippen molar-refractivity contribution >= 4 is 11.8 Å². The van der Waals surface area contributed by atoms with Gasteiger partial charge in [-0.15, -0.1) is 0 Å². The monoisotopic (exact) mass is 460 g/mol. The van der Waals surface area contributed by atoms with E-state index in [0.29, 0.717) is 17.1 Å². The van der Waals surface area contributed by atoms with Crippen LogP contribution in [-0.4, -0.2) is 37.5 Å². The number of carbonyl (C=O) groups excluding carboxylic acids is 2. The largest absolute Gasteiger partial charge is 0.497 e. The van der Waals surface area contributed by atoms with Crippen LogP contribution in [0.5, 0.6) is 11.5 Å². The van der Waals surface area contributed by atoms with Crippen LogP contribution in [0.15, 0.2) is 78.9 Å². The predicted molar refractivity (Wildman–Crippen MR) is 133 cm³/mol. The van der Waals surface area contributed by atoms with Crippen LogP contribution in [0.3, 0.4) is 0 Å². The zero-order valence-corrected chi connectivity index (χ0v) is 20.2. The molecular formula is C28H32N2O4. The van der Waals surface area contributed by atoms with E-state index < -0.39 is 0 Å². The summed E-state index contributed by atoms with van der Waals surface area (Å²) in [5, 5.41) is 3.03. The van der Waals surface area contributed by atoms with E-state index in [9.17, 15) is 9.59 Å². The van der Waals surface area contributed by atoms with Crippen molar-refractivity contribution in [3.63, 3.8) is 0 Å². The third-order valence-corrected chi connectivity index (χ3v) is 5.91. The standard InChI is InChI=1S/C28H32N2O4/c1-20(22-11-7-5-8-12-22)29-27(31)17-18-30(21(2)23-13-9-6-10-14-23)28(32)25-16-15-24(33-3)19-26(25)34-4/h5-16,19-21H,17-18H2,1-4H3,(H,29,31). The molecule has 0 saturated heterocycles. The summed E-state index contributed by atoms with van der Waals surface area (Å²) in [5.41, 5.74) is 2.44. The van der Waals surface area contributed by atoms with Gasteiger partial charge in [0.15, 0.2) is 0 Å². The lowest BCUT2D eigenvalue weighted by Crippen LogP contribution is -2.37. The van der Waals surface area contributed by atoms with E-state index in [2.05, 4.69) is 5.32 Å². The molecule has 0 aliphatic heterocycles. The van der Waals surface area contributed by atoms with Crippen LogP contribution >= 0.6 is 0 Å². The minimum absolute atomic E-state index is 0.115. The van der Waals surface area contributed by atoms with E-state index in [1.165, 1.54) is 7.11 Å². The second-order valence-electron chi connectivity index (χ2n) is 8.10. The van der Waals surface area contributed by atoms with Crippen molar-refractivity contribution in [1.82, 2.24) is 10.2 Å². The van der Waals surface area contributed by atoms with Crippen molar-refractivity contribution in [1.29, 1.82) is 0 Å². The van der Waals surface area contributed by atoms with Gasteiger partial charge in [-0.05, 0) is 37.1 Å². The Labute approximate surface area is 201 Å². The van der Waals surface area contributed by atoms with Crippen molar-refractivity contribution in [2.45, 2.75) is 32.4 Å². The summed E-state index contributed by atoms with van der Waals surface area (Å²) >= 11 is 0. The first-order chi connectivity index (χ1) is 16.4. The number of amides is 2.